The topological polar surface area (TPSA) is 79.2 Å². The second kappa shape index (κ2) is 6.98. The maximum Gasteiger partial charge on any atom is 0.323 e. The average Bonchev–Trinajstić information content (AvgIpc) is 2.43. The molecule has 1 aliphatic rings. The highest BCUT2D eigenvalue weighted by Crippen LogP contribution is 2.18. The Hall–Kier alpha value is -2.22. The molecule has 0 bridgehead atoms. The summed E-state index contributed by atoms with van der Waals surface area (Å²) in [5.41, 5.74) is 0. The van der Waals surface area contributed by atoms with Crippen molar-refractivity contribution in [3.63, 3.8) is 0 Å². The molecule has 2 amide bonds. The fourth-order valence-electron chi connectivity index (χ4n) is 1.67. The monoisotopic (exact) mass is 351 g/mol. The molecule has 7 nitrogen and oxygen atoms in total. The first-order chi connectivity index (χ1) is 10.1. The number of hydrogen-bond donors (Lipinski definition) is 1. The highest BCUT2D eigenvalue weighted by atomic mass is 79.9. The van der Waals surface area contributed by atoms with Gasteiger partial charge in [0.05, 0.1) is 19.3 Å². The van der Waals surface area contributed by atoms with Gasteiger partial charge in [-0.3, -0.25) is 10.3 Å². The second-order valence-electron chi connectivity index (χ2n) is 4.24. The zero-order valence-electron chi connectivity index (χ0n) is 11.2. The van der Waals surface area contributed by atoms with E-state index in [1.807, 2.05) is 6.07 Å². The van der Waals surface area contributed by atoms with Crippen LogP contribution in [0.4, 0.5) is 4.79 Å². The highest BCUT2D eigenvalue weighted by molar-refractivity contribution is 9.10. The van der Waals surface area contributed by atoms with Crippen LogP contribution >= 0.6 is 15.9 Å². The molecule has 21 heavy (non-hydrogen) atoms. The van der Waals surface area contributed by atoms with Gasteiger partial charge in [-0.05, 0) is 35.4 Å². The first kappa shape index (κ1) is 15.2. The van der Waals surface area contributed by atoms with Gasteiger partial charge in [-0.15, -0.1) is 0 Å². The van der Waals surface area contributed by atoms with Gasteiger partial charge >= 0.3 is 6.03 Å². The molecule has 0 saturated carbocycles. The molecular formula is C13H14BrN5O2. The van der Waals surface area contributed by atoms with Crippen LogP contribution in [0, 0.1) is 0 Å². The number of amides is 2. The Morgan fingerprint density at radius 2 is 2.29 bits per heavy atom. The van der Waals surface area contributed by atoms with E-state index in [4.69, 9.17) is 4.74 Å². The van der Waals surface area contributed by atoms with Crippen molar-refractivity contribution < 1.29 is 9.53 Å². The molecule has 2 heterocycles. The summed E-state index contributed by atoms with van der Waals surface area (Å²) in [5.74, 6) is 0.793. The lowest BCUT2D eigenvalue weighted by molar-refractivity contribution is 0.0422. The first-order valence-electron chi connectivity index (χ1n) is 6.09. The summed E-state index contributed by atoms with van der Waals surface area (Å²) in [7, 11) is 0. The van der Waals surface area contributed by atoms with Crippen molar-refractivity contribution in [3.05, 3.63) is 34.8 Å². The minimum atomic E-state index is -0.277. The van der Waals surface area contributed by atoms with Crippen LogP contribution in [0.15, 0.2) is 44.8 Å². The number of hydrogen-bond acceptors (Lipinski definition) is 5. The van der Waals surface area contributed by atoms with E-state index in [0.29, 0.717) is 19.0 Å². The predicted molar refractivity (Wildman–Crippen MR) is 83.6 cm³/mol. The zero-order valence-corrected chi connectivity index (χ0v) is 12.8. The fraction of sp³-hybridized carbons (Fsp3) is 0.231. The normalized spacial score (nSPS) is 15.1. The lowest BCUT2D eigenvalue weighted by Gasteiger charge is -2.38. The van der Waals surface area contributed by atoms with E-state index in [0.717, 1.165) is 4.47 Å². The van der Waals surface area contributed by atoms with E-state index in [1.54, 1.807) is 17.2 Å². The Morgan fingerprint density at radius 1 is 1.52 bits per heavy atom. The van der Waals surface area contributed by atoms with Crippen LogP contribution in [0.2, 0.25) is 0 Å². The number of urea groups is 1. The van der Waals surface area contributed by atoms with E-state index in [1.165, 1.54) is 6.20 Å². The van der Waals surface area contributed by atoms with Gasteiger partial charge in [0.25, 0.3) is 0 Å². The minimum absolute atomic E-state index is 0.0638. The number of aliphatic imine (C=N–C) groups is 2. The Morgan fingerprint density at radius 3 is 2.86 bits per heavy atom. The summed E-state index contributed by atoms with van der Waals surface area (Å²) in [6.45, 7) is 7.59. The molecule has 110 valence electrons. The van der Waals surface area contributed by atoms with E-state index in [-0.39, 0.29) is 18.0 Å². The molecule has 1 aromatic rings. The largest absolute Gasteiger partial charge is 0.471 e. The molecule has 2 rings (SSSR count). The summed E-state index contributed by atoms with van der Waals surface area (Å²) in [4.78, 5) is 24.7. The van der Waals surface area contributed by atoms with E-state index in [9.17, 15) is 4.79 Å². The lowest BCUT2D eigenvalue weighted by atomic mass is 10.2. The Balaban J connectivity index is 1.79. The van der Waals surface area contributed by atoms with Gasteiger partial charge in [-0.2, -0.15) is 0 Å². The first-order valence-corrected chi connectivity index (χ1v) is 6.88. The average molecular weight is 352 g/mol. The molecule has 1 saturated heterocycles. The number of halogens is 1. The molecule has 1 aliphatic heterocycles. The van der Waals surface area contributed by atoms with E-state index >= 15 is 0 Å². The molecular weight excluding hydrogens is 338 g/mol. The number of likely N-dealkylation sites (tertiary alicyclic amines) is 1. The van der Waals surface area contributed by atoms with Crippen LogP contribution in [0.5, 0.6) is 5.88 Å². The number of pyridine rings is 1. The quantitative estimate of drug-likeness (QED) is 0.821. The van der Waals surface area contributed by atoms with Crippen molar-refractivity contribution in [2.75, 3.05) is 13.1 Å². The van der Waals surface area contributed by atoms with Crippen molar-refractivity contribution in [2.24, 2.45) is 9.98 Å². The van der Waals surface area contributed by atoms with Crippen LogP contribution in [0.1, 0.15) is 0 Å². The number of nitrogens with zero attached hydrogens (tertiary/aromatic N) is 4. The van der Waals surface area contributed by atoms with Crippen molar-refractivity contribution in [1.29, 1.82) is 0 Å². The molecule has 0 aromatic carbocycles. The molecule has 0 unspecified atom stereocenters. The van der Waals surface area contributed by atoms with Gasteiger partial charge in [0.1, 0.15) is 6.10 Å². The third kappa shape index (κ3) is 4.12. The smallest absolute Gasteiger partial charge is 0.323 e. The van der Waals surface area contributed by atoms with E-state index in [2.05, 4.69) is 49.7 Å². The summed E-state index contributed by atoms with van der Waals surface area (Å²) in [6.07, 6.45) is 2.92. The molecule has 0 atom stereocenters. The SMILES string of the molecule is C=N/C=C(\N=C)NC(=O)N1CC(Oc2ccc(Br)cn2)C1. The minimum Gasteiger partial charge on any atom is -0.471 e. The van der Waals surface area contributed by atoms with Gasteiger partial charge in [0.2, 0.25) is 5.88 Å². The van der Waals surface area contributed by atoms with Gasteiger partial charge in [-0.1, -0.05) is 0 Å². The van der Waals surface area contributed by atoms with Crippen molar-refractivity contribution in [3.8, 4) is 5.88 Å². The van der Waals surface area contributed by atoms with Crippen LogP contribution in [0.3, 0.4) is 0 Å². The number of nitrogens with one attached hydrogen (secondary N) is 1. The van der Waals surface area contributed by atoms with E-state index < -0.39 is 0 Å². The maximum absolute atomic E-state index is 11.9. The number of carbonyl (C=O) groups excluding carboxylic acids is 1. The highest BCUT2D eigenvalue weighted by Gasteiger charge is 2.32. The molecule has 1 fully saturated rings. The number of rotatable bonds is 5. The molecule has 0 spiro atoms. The van der Waals surface area contributed by atoms with Gasteiger partial charge in [0, 0.05) is 16.7 Å². The van der Waals surface area contributed by atoms with Gasteiger partial charge < -0.3 is 9.64 Å². The summed E-state index contributed by atoms with van der Waals surface area (Å²) >= 11 is 3.30. The molecule has 8 heteroatoms. The maximum atomic E-state index is 11.9. The van der Waals surface area contributed by atoms with Gasteiger partial charge in [-0.25, -0.2) is 14.8 Å². The Labute approximate surface area is 130 Å². The number of aromatic nitrogens is 1. The van der Waals surface area contributed by atoms with Crippen molar-refractivity contribution in [2.45, 2.75) is 6.10 Å². The van der Waals surface area contributed by atoms with Crippen molar-refractivity contribution in [1.82, 2.24) is 15.2 Å². The van der Waals surface area contributed by atoms with Crippen LogP contribution < -0.4 is 10.1 Å². The van der Waals surface area contributed by atoms with Crippen LogP contribution in [0.25, 0.3) is 0 Å². The molecule has 1 aromatic heterocycles. The summed E-state index contributed by atoms with van der Waals surface area (Å²) < 4.78 is 6.52. The number of carbonyl (C=O) groups is 1. The Bertz CT molecular complexity index is 566. The zero-order chi connectivity index (χ0) is 15.2. The molecule has 1 N–H and O–H groups in total. The predicted octanol–water partition coefficient (Wildman–Crippen LogP) is 1.82. The lowest BCUT2D eigenvalue weighted by Crippen LogP contribution is -2.58. The second-order valence-corrected chi connectivity index (χ2v) is 5.16. The number of ether oxygens (including phenoxy) is 1. The molecule has 0 radical (unpaired) electrons. The van der Waals surface area contributed by atoms with Gasteiger partial charge in [0.15, 0.2) is 5.82 Å². The Kier molecular flexibility index (Phi) is 5.04. The fourth-order valence-corrected chi connectivity index (χ4v) is 1.90. The standard InChI is InChI=1S/C13H14BrN5O2/c1-15-6-11(16-2)18-13(20)19-7-10(8-19)21-12-4-3-9(14)5-17-12/h3-6,10H,1-2,7-8H2,(H,18,20)/b11-6+. The van der Waals surface area contributed by atoms with Crippen LogP contribution in [-0.2, 0) is 0 Å². The van der Waals surface area contributed by atoms with Crippen LogP contribution in [-0.4, -0.2) is 48.5 Å². The summed E-state index contributed by atoms with van der Waals surface area (Å²) in [5, 5.41) is 2.57. The summed E-state index contributed by atoms with van der Waals surface area (Å²) in [6, 6.07) is 3.34. The van der Waals surface area contributed by atoms with Crippen molar-refractivity contribution >= 4 is 35.4 Å². The third-order valence-corrected chi connectivity index (χ3v) is 3.21. The molecule has 0 aliphatic carbocycles. The third-order valence-electron chi connectivity index (χ3n) is 2.74.